The third-order valence-corrected chi connectivity index (χ3v) is 11.2. The fourth-order valence-corrected chi connectivity index (χ4v) is 8.80. The van der Waals surface area contributed by atoms with Gasteiger partial charge in [-0.05, 0) is 55.6 Å². The van der Waals surface area contributed by atoms with Crippen molar-refractivity contribution < 1.29 is 14.3 Å². The molecule has 2 unspecified atom stereocenters. The number of hydrogen-bond donors (Lipinski definition) is 0. The molecule has 0 aromatic rings. The molecule has 0 bridgehead atoms. The highest BCUT2D eigenvalue weighted by Crippen LogP contribution is 2.63. The lowest BCUT2D eigenvalue weighted by Crippen LogP contribution is -2.35. The Morgan fingerprint density at radius 1 is 1.23 bits per heavy atom. The van der Waals surface area contributed by atoms with E-state index in [0.717, 1.165) is 25.9 Å². The lowest BCUT2D eigenvalue weighted by Gasteiger charge is -2.43. The zero-order chi connectivity index (χ0) is 21.6. The summed E-state index contributed by atoms with van der Waals surface area (Å²) in [5.41, 5.74) is 0. The number of hydrogen-bond acceptors (Lipinski definition) is 3. The Bertz CT molecular complexity index is 655. The Hall–Kier alpha value is -0.893. The van der Waals surface area contributed by atoms with Crippen molar-refractivity contribution in [3.8, 4) is 11.8 Å². The second-order valence-corrected chi connectivity index (χ2v) is 13.5. The van der Waals surface area contributed by atoms with Crippen molar-refractivity contribution in [2.24, 2.45) is 17.8 Å². The summed E-state index contributed by atoms with van der Waals surface area (Å²) in [5.74, 6) is 7.42. The predicted molar refractivity (Wildman–Crippen MR) is 126 cm³/mol. The lowest BCUT2D eigenvalue weighted by atomic mass is 9.76. The molecule has 4 heteroatoms. The average Bonchev–Trinajstić information content (AvgIpc) is 3.07. The van der Waals surface area contributed by atoms with E-state index in [0.29, 0.717) is 23.3 Å². The maximum atomic E-state index is 12.8. The molecular weight excluding hydrogens is 388 g/mol. The molecule has 2 aliphatic carbocycles. The van der Waals surface area contributed by atoms with E-state index in [4.69, 9.17) is 9.47 Å². The predicted octanol–water partition coefficient (Wildman–Crippen LogP) is 5.90. The first-order chi connectivity index (χ1) is 14.5. The van der Waals surface area contributed by atoms with Crippen LogP contribution in [-0.2, 0) is 14.3 Å². The van der Waals surface area contributed by atoms with Gasteiger partial charge in [0, 0.05) is 40.1 Å². The van der Waals surface area contributed by atoms with Crippen LogP contribution in [0.25, 0.3) is 0 Å². The standard InChI is InChI=1S/C26H42O3Si/c1-5-6-7-12-20(2)23(27)16-15-21-22-13-8-10-17-26(22,30(3)4)19-24(21)29-25-14-9-11-18-28-25/h15-16,20-22,24-25,30H,5,8-14,17-19H2,1-4H3/t20?,21-,22+,24+,25?,26-/m0/s1. The van der Waals surface area contributed by atoms with E-state index in [9.17, 15) is 4.79 Å². The summed E-state index contributed by atoms with van der Waals surface area (Å²) >= 11 is 0. The number of carbonyl (C=O) groups excluding carboxylic acids is 1. The van der Waals surface area contributed by atoms with Gasteiger partial charge >= 0.3 is 0 Å². The average molecular weight is 431 g/mol. The smallest absolute Gasteiger partial charge is 0.159 e. The number of rotatable bonds is 7. The maximum Gasteiger partial charge on any atom is 0.159 e. The topological polar surface area (TPSA) is 35.5 Å². The highest BCUT2D eigenvalue weighted by Gasteiger charge is 2.55. The molecule has 0 N–H and O–H groups in total. The van der Waals surface area contributed by atoms with Crippen LogP contribution in [0.3, 0.4) is 0 Å². The van der Waals surface area contributed by atoms with E-state index >= 15 is 0 Å². The van der Waals surface area contributed by atoms with Gasteiger partial charge in [0.25, 0.3) is 0 Å². The first kappa shape index (κ1) is 23.8. The Labute approximate surface area is 186 Å². The molecule has 0 aromatic heterocycles. The number of fused-ring (bicyclic) bond motifs is 1. The van der Waals surface area contributed by atoms with Gasteiger partial charge in [0.05, 0.1) is 6.10 Å². The molecule has 1 saturated heterocycles. The summed E-state index contributed by atoms with van der Waals surface area (Å²) in [4.78, 5) is 12.8. The van der Waals surface area contributed by atoms with Crippen molar-refractivity contribution in [3.05, 3.63) is 12.2 Å². The van der Waals surface area contributed by atoms with Crippen LogP contribution in [0.2, 0.25) is 18.1 Å². The fraction of sp³-hybridized carbons (Fsp3) is 0.808. The van der Waals surface area contributed by atoms with Crippen LogP contribution in [0.15, 0.2) is 12.2 Å². The minimum Gasteiger partial charge on any atom is -0.353 e. The molecular formula is C26H42O3Si. The summed E-state index contributed by atoms with van der Waals surface area (Å²) in [6, 6.07) is 0. The van der Waals surface area contributed by atoms with Gasteiger partial charge < -0.3 is 9.47 Å². The zero-order valence-electron chi connectivity index (χ0n) is 19.6. The zero-order valence-corrected chi connectivity index (χ0v) is 20.8. The Morgan fingerprint density at radius 3 is 2.73 bits per heavy atom. The Morgan fingerprint density at radius 2 is 2.03 bits per heavy atom. The maximum absolute atomic E-state index is 12.8. The van der Waals surface area contributed by atoms with Crippen LogP contribution in [0, 0.1) is 29.6 Å². The molecule has 168 valence electrons. The molecule has 1 heterocycles. The number of carbonyl (C=O) groups is 1. The van der Waals surface area contributed by atoms with Gasteiger partial charge in [0.2, 0.25) is 0 Å². The van der Waals surface area contributed by atoms with Crippen LogP contribution in [-0.4, -0.2) is 33.6 Å². The van der Waals surface area contributed by atoms with Crippen molar-refractivity contribution in [1.82, 2.24) is 0 Å². The van der Waals surface area contributed by atoms with E-state index in [2.05, 4.69) is 31.0 Å². The molecule has 3 rings (SSSR count). The number of ether oxygens (including phenoxy) is 2. The second kappa shape index (κ2) is 11.1. The first-order valence-corrected chi connectivity index (χ1v) is 15.3. The fourth-order valence-electron chi connectivity index (χ4n) is 6.07. The quantitative estimate of drug-likeness (QED) is 0.286. The number of allylic oxidation sites excluding steroid dienone is 1. The molecule has 0 aromatic carbocycles. The molecule has 2 saturated carbocycles. The third-order valence-electron chi connectivity index (χ3n) is 7.91. The van der Waals surface area contributed by atoms with E-state index < -0.39 is 8.80 Å². The van der Waals surface area contributed by atoms with E-state index in [1.165, 1.54) is 38.5 Å². The highest BCUT2D eigenvalue weighted by molar-refractivity contribution is 6.59. The third kappa shape index (κ3) is 5.47. The summed E-state index contributed by atoms with van der Waals surface area (Å²) < 4.78 is 12.6. The van der Waals surface area contributed by atoms with Crippen LogP contribution < -0.4 is 0 Å². The summed E-state index contributed by atoms with van der Waals surface area (Å²) in [5, 5.41) is 0.480. The molecule has 0 radical (unpaired) electrons. The van der Waals surface area contributed by atoms with Crippen molar-refractivity contribution in [2.75, 3.05) is 6.61 Å². The molecule has 0 amide bonds. The van der Waals surface area contributed by atoms with Gasteiger partial charge in [-0.1, -0.05) is 45.9 Å². The lowest BCUT2D eigenvalue weighted by molar-refractivity contribution is -0.192. The van der Waals surface area contributed by atoms with Crippen molar-refractivity contribution in [1.29, 1.82) is 0 Å². The van der Waals surface area contributed by atoms with Crippen LogP contribution in [0.5, 0.6) is 0 Å². The normalized spacial score (nSPS) is 35.1. The van der Waals surface area contributed by atoms with Crippen molar-refractivity contribution >= 4 is 14.6 Å². The molecule has 1 aliphatic heterocycles. The Balaban J connectivity index is 1.76. The van der Waals surface area contributed by atoms with Gasteiger partial charge in [-0.3, -0.25) is 4.79 Å². The molecule has 30 heavy (non-hydrogen) atoms. The molecule has 0 spiro atoms. The van der Waals surface area contributed by atoms with E-state index in [-0.39, 0.29) is 24.1 Å². The molecule has 3 fully saturated rings. The largest absolute Gasteiger partial charge is 0.353 e. The van der Waals surface area contributed by atoms with Gasteiger partial charge in [-0.15, -0.1) is 11.8 Å². The van der Waals surface area contributed by atoms with Crippen LogP contribution in [0.1, 0.15) is 78.1 Å². The summed E-state index contributed by atoms with van der Waals surface area (Å²) in [6.07, 6.45) is 15.6. The van der Waals surface area contributed by atoms with Gasteiger partial charge in [0.1, 0.15) is 0 Å². The molecule has 3 nitrogen and oxygen atoms in total. The van der Waals surface area contributed by atoms with Crippen LogP contribution >= 0.6 is 0 Å². The summed E-state index contributed by atoms with van der Waals surface area (Å²) in [7, 11) is -0.863. The van der Waals surface area contributed by atoms with Crippen molar-refractivity contribution in [2.45, 2.75) is 109 Å². The second-order valence-electron chi connectivity index (χ2n) is 10.1. The van der Waals surface area contributed by atoms with Gasteiger partial charge in [-0.25, -0.2) is 0 Å². The van der Waals surface area contributed by atoms with E-state index in [1.54, 1.807) is 0 Å². The van der Waals surface area contributed by atoms with Crippen molar-refractivity contribution in [3.63, 3.8) is 0 Å². The molecule has 6 atom stereocenters. The monoisotopic (exact) mass is 430 g/mol. The first-order valence-electron chi connectivity index (χ1n) is 12.4. The van der Waals surface area contributed by atoms with Gasteiger partial charge in [0.15, 0.2) is 12.1 Å². The minimum absolute atomic E-state index is 0.0293. The SMILES string of the molecule is CCC#CCC(C)C(=O)C=C[C@H]1[C@H]2CCCC[C@]2([SiH](C)C)C[C@H]1OC1CCCCO1. The summed E-state index contributed by atoms with van der Waals surface area (Å²) in [6.45, 7) is 9.92. The number of ketones is 1. The minimum atomic E-state index is -0.863. The Kier molecular flexibility index (Phi) is 8.80. The van der Waals surface area contributed by atoms with Gasteiger partial charge in [-0.2, -0.15) is 0 Å². The highest BCUT2D eigenvalue weighted by atomic mass is 28.3. The molecule has 3 aliphatic rings. The van der Waals surface area contributed by atoms with E-state index in [1.807, 2.05) is 19.9 Å². The van der Waals surface area contributed by atoms with Crippen LogP contribution in [0.4, 0.5) is 0 Å².